The zero-order chi connectivity index (χ0) is 29.0. The Morgan fingerprint density at radius 1 is 0.385 bits per heavy atom. The van der Waals surface area contributed by atoms with Crippen molar-refractivity contribution in [3.8, 4) is 44.9 Å². The van der Waals surface area contributed by atoms with Crippen LogP contribution in [-0.4, -0.2) is 0 Å². The van der Waals surface area contributed by atoms with Crippen LogP contribution in [0.2, 0.25) is 0 Å². The van der Waals surface area contributed by atoms with Gasteiger partial charge in [0.05, 0.1) is 5.48 Å². The minimum Gasteiger partial charge on any atom is -0.456 e. The number of hydrogen-bond donors (Lipinski definition) is 0. The molecule has 0 radical (unpaired) electrons. The largest absolute Gasteiger partial charge is 0.456 e. The van der Waals surface area contributed by atoms with Gasteiger partial charge in [0, 0.05) is 10.9 Å². The summed E-state index contributed by atoms with van der Waals surface area (Å²) in [5.74, 6) is 1.51. The molecule has 0 atom stereocenters. The van der Waals surface area contributed by atoms with Gasteiger partial charge in [-0.2, -0.15) is 0 Å². The van der Waals surface area contributed by atoms with E-state index in [0.717, 1.165) is 60.0 Å². The molecule has 0 unspecified atom stereocenters. The summed E-state index contributed by atoms with van der Waals surface area (Å²) < 4.78 is 43.1. The molecular weight excluding hydrogens is 472 g/mol. The first-order valence-corrected chi connectivity index (χ1v) is 13.1. The lowest BCUT2D eigenvalue weighted by Gasteiger charge is -2.22. The average molecular weight is 499 g/mol. The highest BCUT2D eigenvalue weighted by Crippen LogP contribution is 2.48. The van der Waals surface area contributed by atoms with Crippen molar-refractivity contribution < 1.29 is 10.2 Å². The van der Waals surface area contributed by atoms with Crippen LogP contribution in [0.15, 0.2) is 133 Å². The monoisotopic (exact) mass is 498 g/mol. The third-order valence-electron chi connectivity index (χ3n) is 8.09. The molecule has 9 rings (SSSR count). The van der Waals surface area contributed by atoms with Crippen LogP contribution in [0.4, 0.5) is 0 Å². The lowest BCUT2D eigenvalue weighted by atomic mass is 9.88. The van der Waals surface area contributed by atoms with Gasteiger partial charge in [-0.15, -0.1) is 0 Å². The first kappa shape index (κ1) is 17.4. The molecule has 0 N–H and O–H groups in total. The summed E-state index contributed by atoms with van der Waals surface area (Å²) in [6.07, 6.45) is 0. The fourth-order valence-electron chi connectivity index (χ4n) is 6.33. The quantitative estimate of drug-likeness (QED) is 0.215. The second-order valence-corrected chi connectivity index (χ2v) is 10.2. The van der Waals surface area contributed by atoms with Gasteiger partial charge in [0.15, 0.2) is 0 Å². The van der Waals surface area contributed by atoms with E-state index in [4.69, 9.17) is 4.74 Å². The molecule has 0 saturated heterocycles. The van der Waals surface area contributed by atoms with Gasteiger partial charge in [0.1, 0.15) is 11.5 Å². The van der Waals surface area contributed by atoms with Crippen molar-refractivity contribution in [1.29, 1.82) is 0 Å². The molecule has 0 fully saturated rings. The van der Waals surface area contributed by atoms with E-state index in [9.17, 15) is 5.48 Å². The van der Waals surface area contributed by atoms with Crippen LogP contribution in [0.3, 0.4) is 0 Å². The third-order valence-corrected chi connectivity index (χ3v) is 8.09. The Morgan fingerprint density at radius 3 is 1.77 bits per heavy atom. The Labute approximate surface area is 231 Å². The topological polar surface area (TPSA) is 9.23 Å². The van der Waals surface area contributed by atoms with E-state index in [2.05, 4.69) is 42.5 Å². The fraction of sp³-hybridized carbons (Fsp3) is 0. The second-order valence-electron chi connectivity index (χ2n) is 10.2. The molecule has 0 bridgehead atoms. The summed E-state index contributed by atoms with van der Waals surface area (Å²) in [6.45, 7) is 0. The van der Waals surface area contributed by atoms with E-state index in [1.165, 1.54) is 0 Å². The summed E-state index contributed by atoms with van der Waals surface area (Å²) >= 11 is 0. The Kier molecular flexibility index (Phi) is 3.43. The molecule has 0 aromatic heterocycles. The van der Waals surface area contributed by atoms with Gasteiger partial charge in [0.2, 0.25) is 0 Å². The molecule has 1 aliphatic rings. The summed E-state index contributed by atoms with van der Waals surface area (Å²) in [7, 11) is 0. The van der Waals surface area contributed by atoms with Crippen molar-refractivity contribution in [2.24, 2.45) is 0 Å². The lowest BCUT2D eigenvalue weighted by Crippen LogP contribution is -1.97. The van der Waals surface area contributed by atoms with Crippen molar-refractivity contribution >= 4 is 43.1 Å². The second kappa shape index (κ2) is 7.69. The molecule has 180 valence electrons. The third kappa shape index (κ3) is 2.90. The highest BCUT2D eigenvalue weighted by atomic mass is 16.5. The zero-order valence-electron chi connectivity index (χ0n) is 24.8. The summed E-state index contributed by atoms with van der Waals surface area (Å²) in [4.78, 5) is 0. The van der Waals surface area contributed by atoms with E-state index in [-0.39, 0.29) is 24.2 Å². The van der Waals surface area contributed by atoms with Gasteiger partial charge in [-0.3, -0.25) is 0 Å². The maximum absolute atomic E-state index is 9.22. The Hall–Kier alpha value is -5.14. The highest BCUT2D eigenvalue weighted by Gasteiger charge is 2.21. The first-order chi connectivity index (χ1) is 21.0. The first-order valence-electron chi connectivity index (χ1n) is 15.1. The Morgan fingerprint density at radius 2 is 0.974 bits per heavy atom. The van der Waals surface area contributed by atoms with Crippen LogP contribution in [0, 0.1) is 0 Å². The van der Waals surface area contributed by atoms with Crippen LogP contribution in [0.1, 0.15) is 5.48 Å². The minimum absolute atomic E-state index is 0.0481. The molecule has 1 heterocycles. The summed E-state index contributed by atoms with van der Waals surface area (Å²) in [5, 5.41) is 8.26. The molecule has 1 heteroatoms. The van der Waals surface area contributed by atoms with Crippen LogP contribution in [-0.2, 0) is 0 Å². The number of ether oxygens (including phenoxy) is 1. The van der Waals surface area contributed by atoms with Gasteiger partial charge in [-0.25, -0.2) is 0 Å². The molecule has 8 aromatic rings. The zero-order valence-corrected chi connectivity index (χ0v) is 20.8. The van der Waals surface area contributed by atoms with E-state index in [1.54, 1.807) is 0 Å². The number of fused-ring (bicyclic) bond motifs is 2. The van der Waals surface area contributed by atoms with Crippen molar-refractivity contribution in [1.82, 2.24) is 0 Å². The number of benzene rings is 8. The SMILES string of the molecule is [2H]c1c([2H])c(-c2ccc3ccc4cccc5ccc2c3c45)c([2H])c([2H])c1-c1ccc2c3c(cccc13)-c1ccccc1O2. The van der Waals surface area contributed by atoms with Gasteiger partial charge in [-0.05, 0) is 77.7 Å². The maximum atomic E-state index is 9.22. The van der Waals surface area contributed by atoms with Gasteiger partial charge in [0.25, 0.3) is 0 Å². The Balaban J connectivity index is 1.31. The van der Waals surface area contributed by atoms with Crippen LogP contribution in [0.5, 0.6) is 11.5 Å². The summed E-state index contributed by atoms with van der Waals surface area (Å²) in [5.41, 5.74) is 3.98. The minimum atomic E-state index is -0.0560. The maximum Gasteiger partial charge on any atom is 0.135 e. The van der Waals surface area contributed by atoms with E-state index < -0.39 is 0 Å². The molecule has 0 spiro atoms. The molecule has 0 amide bonds. The average Bonchev–Trinajstić information content (AvgIpc) is 3.04. The van der Waals surface area contributed by atoms with Gasteiger partial charge < -0.3 is 4.74 Å². The number of para-hydroxylation sites is 1. The van der Waals surface area contributed by atoms with Crippen LogP contribution >= 0.6 is 0 Å². The number of rotatable bonds is 2. The van der Waals surface area contributed by atoms with E-state index in [1.807, 2.05) is 66.7 Å². The van der Waals surface area contributed by atoms with Crippen LogP contribution < -0.4 is 4.74 Å². The Bertz CT molecular complexity index is 2430. The lowest BCUT2D eigenvalue weighted by molar-refractivity contribution is 0.487. The van der Waals surface area contributed by atoms with E-state index >= 15 is 0 Å². The number of hydrogen-bond acceptors (Lipinski definition) is 1. The normalized spacial score (nSPS) is 13.7. The molecule has 8 aromatic carbocycles. The molecule has 39 heavy (non-hydrogen) atoms. The van der Waals surface area contributed by atoms with Crippen molar-refractivity contribution in [2.75, 3.05) is 0 Å². The highest BCUT2D eigenvalue weighted by molar-refractivity contribution is 6.25. The smallest absolute Gasteiger partial charge is 0.135 e. The van der Waals surface area contributed by atoms with E-state index in [0.29, 0.717) is 28.0 Å². The molecule has 0 saturated carbocycles. The molecule has 0 aliphatic carbocycles. The van der Waals surface area contributed by atoms with Crippen molar-refractivity contribution in [2.45, 2.75) is 0 Å². The summed E-state index contributed by atoms with van der Waals surface area (Å²) in [6, 6.07) is 36.0. The van der Waals surface area contributed by atoms with Gasteiger partial charge in [-0.1, -0.05) is 121 Å². The predicted octanol–water partition coefficient (Wildman–Crippen LogP) is 10.8. The molecule has 1 nitrogen and oxygen atoms in total. The van der Waals surface area contributed by atoms with Gasteiger partial charge >= 0.3 is 0 Å². The molecular formula is C38H22O. The van der Waals surface area contributed by atoms with Crippen molar-refractivity contribution in [3.05, 3.63) is 133 Å². The standard InChI is InChI=1S/C38H22O/c1-2-10-34-30(7-1)32-9-4-8-31-29(21-22-35(39-34)38(31)32)24-13-11-23(12-14-24)28-19-17-27-16-15-25-5-3-6-26-18-20-33(28)37(27)36(25)26/h1-22H/i11D,12D,13D,14D. The predicted molar refractivity (Wildman–Crippen MR) is 164 cm³/mol. The molecule has 1 aliphatic heterocycles. The fourth-order valence-corrected chi connectivity index (χ4v) is 6.33. The van der Waals surface area contributed by atoms with Crippen LogP contribution in [0.25, 0.3) is 76.5 Å². The van der Waals surface area contributed by atoms with Crippen molar-refractivity contribution in [3.63, 3.8) is 0 Å².